The Morgan fingerprint density at radius 2 is 0.882 bits per heavy atom. The van der Waals surface area contributed by atoms with Gasteiger partial charge in [-0.05, 0) is 109 Å². The molecule has 0 saturated carbocycles. The molecule has 1 amide bonds. The fourth-order valence-corrected chi connectivity index (χ4v) is 7.64. The molecule has 0 aromatic carbocycles. The Labute approximate surface area is 417 Å². The van der Waals surface area contributed by atoms with Crippen LogP contribution in [0.5, 0.6) is 0 Å². The lowest BCUT2D eigenvalue weighted by molar-refractivity contribution is -0.167. The molecule has 0 aromatic heterocycles. The van der Waals surface area contributed by atoms with E-state index in [2.05, 4.69) is 86.5 Å². The predicted molar refractivity (Wildman–Crippen MR) is 284 cm³/mol. The molecule has 0 fully saturated rings. The van der Waals surface area contributed by atoms with Crippen LogP contribution in [-0.2, 0) is 33.3 Å². The molecule has 0 aliphatic heterocycles. The van der Waals surface area contributed by atoms with Crippen molar-refractivity contribution in [3.05, 3.63) is 48.6 Å². The van der Waals surface area contributed by atoms with Crippen molar-refractivity contribution in [2.45, 2.75) is 246 Å². The molecular formula is C58H104N2O8. The summed E-state index contributed by atoms with van der Waals surface area (Å²) in [4.78, 5) is 53.4. The third-order valence-corrected chi connectivity index (χ3v) is 12.3. The Morgan fingerprint density at radius 3 is 1.37 bits per heavy atom. The molecule has 0 unspecified atom stereocenters. The number of carbonyl (C=O) groups excluding carboxylic acids is 4. The fourth-order valence-electron chi connectivity index (χ4n) is 7.64. The van der Waals surface area contributed by atoms with Crippen LogP contribution in [0.3, 0.4) is 0 Å². The number of carbonyl (C=O) groups is 4. The number of allylic oxidation sites excluding steroid dienone is 8. The first kappa shape index (κ1) is 64.6. The Balaban J connectivity index is 5.00. The zero-order valence-electron chi connectivity index (χ0n) is 44.6. The van der Waals surface area contributed by atoms with Crippen molar-refractivity contribution in [3.8, 4) is 0 Å². The van der Waals surface area contributed by atoms with Crippen LogP contribution in [0, 0.1) is 5.92 Å². The summed E-state index contributed by atoms with van der Waals surface area (Å²) in [5.41, 5.74) is 0. The SMILES string of the molecule is CCCCC/C=C\C/C=C\CCCCCCCC(=O)OCC(COC(=O)CCCCCCC/C=C\C/C=C\CCCCC)OC(=O)CC[C@H](CCCCCCCC)COC(=O)NCCN(C)CC. The lowest BCUT2D eigenvalue weighted by atomic mass is 9.96. The molecule has 0 aromatic rings. The second-order valence-corrected chi connectivity index (χ2v) is 18.8. The van der Waals surface area contributed by atoms with E-state index < -0.39 is 18.2 Å². The van der Waals surface area contributed by atoms with Crippen LogP contribution >= 0.6 is 0 Å². The van der Waals surface area contributed by atoms with E-state index in [9.17, 15) is 19.2 Å². The van der Waals surface area contributed by atoms with Crippen LogP contribution in [0.2, 0.25) is 0 Å². The van der Waals surface area contributed by atoms with Gasteiger partial charge in [0.05, 0.1) is 6.61 Å². The van der Waals surface area contributed by atoms with E-state index >= 15 is 0 Å². The molecule has 0 bridgehead atoms. The number of esters is 3. The molecule has 1 N–H and O–H groups in total. The summed E-state index contributed by atoms with van der Waals surface area (Å²) in [5, 5.41) is 2.82. The van der Waals surface area contributed by atoms with Gasteiger partial charge >= 0.3 is 24.0 Å². The topological polar surface area (TPSA) is 120 Å². The number of hydrogen-bond acceptors (Lipinski definition) is 9. The smallest absolute Gasteiger partial charge is 0.407 e. The van der Waals surface area contributed by atoms with Crippen molar-refractivity contribution >= 4 is 24.0 Å². The average Bonchev–Trinajstić information content (AvgIpc) is 3.33. The maximum atomic E-state index is 13.3. The van der Waals surface area contributed by atoms with Crippen LogP contribution in [-0.4, -0.2) is 81.5 Å². The van der Waals surface area contributed by atoms with Crippen molar-refractivity contribution in [3.63, 3.8) is 0 Å². The summed E-state index contributed by atoms with van der Waals surface area (Å²) in [6.07, 6.45) is 49.9. The number of unbranched alkanes of at least 4 members (excludes halogenated alkanes) is 21. The van der Waals surface area contributed by atoms with Gasteiger partial charge < -0.3 is 29.2 Å². The van der Waals surface area contributed by atoms with Crippen LogP contribution in [0.1, 0.15) is 240 Å². The van der Waals surface area contributed by atoms with Crippen molar-refractivity contribution < 1.29 is 38.1 Å². The second kappa shape index (κ2) is 51.5. The maximum Gasteiger partial charge on any atom is 0.407 e. The van der Waals surface area contributed by atoms with Crippen molar-refractivity contribution in [2.24, 2.45) is 5.92 Å². The minimum absolute atomic E-state index is 0.000476. The average molecular weight is 957 g/mol. The number of ether oxygens (including phenoxy) is 4. The first-order valence-corrected chi connectivity index (χ1v) is 27.9. The molecule has 10 nitrogen and oxygen atoms in total. The Bertz CT molecular complexity index is 1230. The Morgan fingerprint density at radius 1 is 0.456 bits per heavy atom. The van der Waals surface area contributed by atoms with Crippen molar-refractivity contribution in [2.75, 3.05) is 46.5 Å². The third-order valence-electron chi connectivity index (χ3n) is 12.3. The number of amides is 1. The molecule has 0 aliphatic rings. The Hall–Kier alpha value is -3.40. The first-order valence-electron chi connectivity index (χ1n) is 27.9. The molecule has 68 heavy (non-hydrogen) atoms. The highest BCUT2D eigenvalue weighted by molar-refractivity contribution is 5.71. The normalized spacial score (nSPS) is 12.3. The lowest BCUT2D eigenvalue weighted by Gasteiger charge is -2.20. The molecule has 1 atom stereocenters. The molecule has 0 spiro atoms. The number of hydrogen-bond donors (Lipinski definition) is 1. The van der Waals surface area contributed by atoms with Gasteiger partial charge in [-0.3, -0.25) is 14.4 Å². The van der Waals surface area contributed by atoms with E-state index in [1.165, 1.54) is 77.0 Å². The van der Waals surface area contributed by atoms with E-state index in [1.54, 1.807) is 0 Å². The zero-order chi connectivity index (χ0) is 49.8. The minimum Gasteiger partial charge on any atom is -0.462 e. The molecule has 394 valence electrons. The van der Waals surface area contributed by atoms with Crippen molar-refractivity contribution in [1.29, 1.82) is 0 Å². The van der Waals surface area contributed by atoms with Crippen LogP contribution in [0.15, 0.2) is 48.6 Å². The molecule has 0 aliphatic carbocycles. The van der Waals surface area contributed by atoms with Gasteiger partial charge in [0.2, 0.25) is 0 Å². The monoisotopic (exact) mass is 957 g/mol. The number of likely N-dealkylation sites (N-methyl/N-ethyl adjacent to an activating group) is 1. The number of nitrogens with zero attached hydrogens (tertiary/aromatic N) is 1. The van der Waals surface area contributed by atoms with Gasteiger partial charge in [0.1, 0.15) is 13.2 Å². The van der Waals surface area contributed by atoms with Gasteiger partial charge in [-0.15, -0.1) is 0 Å². The van der Waals surface area contributed by atoms with Gasteiger partial charge in [0.15, 0.2) is 6.10 Å². The first-order chi connectivity index (χ1) is 33.2. The van der Waals surface area contributed by atoms with E-state index in [4.69, 9.17) is 18.9 Å². The highest BCUT2D eigenvalue weighted by atomic mass is 16.6. The summed E-state index contributed by atoms with van der Waals surface area (Å²) in [5.74, 6) is -1.14. The van der Waals surface area contributed by atoms with E-state index in [0.717, 1.165) is 122 Å². The third kappa shape index (κ3) is 47.7. The highest BCUT2D eigenvalue weighted by Crippen LogP contribution is 2.19. The maximum absolute atomic E-state index is 13.3. The lowest BCUT2D eigenvalue weighted by Crippen LogP contribution is -2.34. The zero-order valence-corrected chi connectivity index (χ0v) is 44.6. The van der Waals surface area contributed by atoms with E-state index in [-0.39, 0.29) is 44.1 Å². The molecule has 10 heteroatoms. The highest BCUT2D eigenvalue weighted by Gasteiger charge is 2.21. The predicted octanol–water partition coefficient (Wildman–Crippen LogP) is 15.4. The fraction of sp³-hybridized carbons (Fsp3) is 0.793. The Kier molecular flexibility index (Phi) is 48.9. The summed E-state index contributed by atoms with van der Waals surface area (Å²) in [6.45, 7) is 10.7. The number of nitrogens with one attached hydrogen (secondary N) is 1. The van der Waals surface area contributed by atoms with E-state index in [1.807, 2.05) is 7.05 Å². The van der Waals surface area contributed by atoms with Gasteiger partial charge in [0, 0.05) is 32.4 Å². The summed E-state index contributed by atoms with van der Waals surface area (Å²) in [7, 11) is 2.00. The molecular weight excluding hydrogens is 853 g/mol. The number of rotatable bonds is 49. The number of alkyl carbamates (subject to hydrolysis) is 1. The van der Waals surface area contributed by atoms with Crippen LogP contribution in [0.4, 0.5) is 4.79 Å². The standard InChI is InChI=1S/C58H104N2O8/c1-6-10-13-16-19-21-23-25-27-29-31-33-35-38-41-44-55(61)65-51-54(52-66-56(62)45-42-39-36-34-32-30-28-26-24-22-20-17-14-11-7-2)68-57(63)47-46-53(43-40-37-18-15-12-8-3)50-67-58(64)59-48-49-60(5)9-4/h19-22,25-28,53-54H,6-18,23-24,29-52H2,1-5H3,(H,59,64)/b21-19-,22-20-,27-25-,28-26-/t53-/m0/s1. The second-order valence-electron chi connectivity index (χ2n) is 18.8. The largest absolute Gasteiger partial charge is 0.462 e. The molecule has 0 saturated heterocycles. The summed E-state index contributed by atoms with van der Waals surface area (Å²) < 4.78 is 22.6. The minimum atomic E-state index is -0.898. The van der Waals surface area contributed by atoms with Crippen LogP contribution < -0.4 is 5.32 Å². The van der Waals surface area contributed by atoms with Gasteiger partial charge in [-0.1, -0.05) is 179 Å². The van der Waals surface area contributed by atoms with Gasteiger partial charge in [0.25, 0.3) is 0 Å². The van der Waals surface area contributed by atoms with E-state index in [0.29, 0.717) is 25.8 Å². The van der Waals surface area contributed by atoms with Crippen LogP contribution in [0.25, 0.3) is 0 Å². The van der Waals surface area contributed by atoms with Gasteiger partial charge in [-0.2, -0.15) is 0 Å². The van der Waals surface area contributed by atoms with Crippen molar-refractivity contribution in [1.82, 2.24) is 10.2 Å². The summed E-state index contributed by atoms with van der Waals surface area (Å²) >= 11 is 0. The molecule has 0 heterocycles. The molecule has 0 radical (unpaired) electrons. The molecule has 0 rings (SSSR count). The summed E-state index contributed by atoms with van der Waals surface area (Å²) in [6, 6.07) is 0. The van der Waals surface area contributed by atoms with Gasteiger partial charge in [-0.25, -0.2) is 4.79 Å². The quantitative estimate of drug-likeness (QED) is 0.0275.